The lowest BCUT2D eigenvalue weighted by Crippen LogP contribution is -2.18. The van der Waals surface area contributed by atoms with Gasteiger partial charge in [-0.1, -0.05) is 12.1 Å². The number of rotatable bonds is 5. The quantitative estimate of drug-likeness (QED) is 0.712. The van der Waals surface area contributed by atoms with E-state index in [0.29, 0.717) is 10.8 Å². The number of carbonyl (C=O) groups excluding carboxylic acids is 1. The number of nitrogens with one attached hydrogen (secondary N) is 2. The number of hydrogen-bond acceptors (Lipinski definition) is 7. The van der Waals surface area contributed by atoms with E-state index in [4.69, 9.17) is 9.47 Å². The van der Waals surface area contributed by atoms with E-state index in [1.165, 1.54) is 11.3 Å². The summed E-state index contributed by atoms with van der Waals surface area (Å²) in [5.41, 5.74) is 3.19. The molecule has 0 bridgehead atoms. The van der Waals surface area contributed by atoms with Gasteiger partial charge in [0.15, 0.2) is 5.00 Å². The molecule has 25 heavy (non-hydrogen) atoms. The topological polar surface area (TPSA) is 85.4 Å². The summed E-state index contributed by atoms with van der Waals surface area (Å²) >= 11 is 1.32. The minimum Gasteiger partial charge on any atom is -0.497 e. The van der Waals surface area contributed by atoms with E-state index in [9.17, 15) is 4.79 Å². The van der Waals surface area contributed by atoms with Gasteiger partial charge in [-0.05, 0) is 31.2 Å². The van der Waals surface area contributed by atoms with E-state index < -0.39 is 6.09 Å². The molecule has 2 N–H and O–H groups in total. The van der Waals surface area contributed by atoms with Crippen LogP contribution in [0.2, 0.25) is 0 Å². The molecule has 1 aromatic carbocycles. The van der Waals surface area contributed by atoms with Crippen LogP contribution in [0, 0.1) is 6.92 Å². The molecule has 3 rings (SSSR count). The van der Waals surface area contributed by atoms with E-state index >= 15 is 0 Å². The number of benzene rings is 1. The second kappa shape index (κ2) is 7.63. The molecule has 7 nitrogen and oxygen atoms in total. The summed E-state index contributed by atoms with van der Waals surface area (Å²) in [7, 11) is 1.60. The lowest BCUT2D eigenvalue weighted by Gasteiger charge is -2.08. The van der Waals surface area contributed by atoms with E-state index in [-0.39, 0.29) is 5.88 Å². The van der Waals surface area contributed by atoms with Gasteiger partial charge in [-0.15, -0.1) is 11.3 Å². The van der Waals surface area contributed by atoms with Crippen molar-refractivity contribution in [3.63, 3.8) is 0 Å². The van der Waals surface area contributed by atoms with Crippen LogP contribution in [-0.4, -0.2) is 23.2 Å². The third kappa shape index (κ3) is 4.45. The lowest BCUT2D eigenvalue weighted by atomic mass is 10.3. The molecule has 1 amide bonds. The van der Waals surface area contributed by atoms with Gasteiger partial charge >= 0.3 is 6.09 Å². The Hall–Kier alpha value is -3.13. The largest absolute Gasteiger partial charge is 0.497 e. The molecule has 0 aliphatic carbocycles. The summed E-state index contributed by atoms with van der Waals surface area (Å²) in [5, 5.41) is 6.35. The Morgan fingerprint density at radius 1 is 1.20 bits per heavy atom. The highest BCUT2D eigenvalue weighted by Crippen LogP contribution is 2.32. The van der Waals surface area contributed by atoms with Crippen molar-refractivity contribution in [2.45, 2.75) is 6.92 Å². The van der Waals surface area contributed by atoms with Crippen LogP contribution < -0.4 is 20.1 Å². The summed E-state index contributed by atoms with van der Waals surface area (Å²) in [6.45, 7) is 1.84. The van der Waals surface area contributed by atoms with Crippen molar-refractivity contribution in [3.05, 3.63) is 53.7 Å². The maximum absolute atomic E-state index is 12.0. The van der Waals surface area contributed by atoms with Crippen LogP contribution in [-0.2, 0) is 0 Å². The molecule has 8 heteroatoms. The van der Waals surface area contributed by atoms with Crippen LogP contribution in [0.5, 0.6) is 11.6 Å². The maximum atomic E-state index is 12.0. The second-order valence-corrected chi connectivity index (χ2v) is 5.88. The first-order valence-electron chi connectivity index (χ1n) is 7.41. The summed E-state index contributed by atoms with van der Waals surface area (Å²) in [4.78, 5) is 20.3. The molecule has 0 saturated carbocycles. The van der Waals surface area contributed by atoms with Crippen molar-refractivity contribution in [2.75, 3.05) is 17.7 Å². The predicted octanol–water partition coefficient (Wildman–Crippen LogP) is 4.21. The van der Waals surface area contributed by atoms with E-state index in [0.717, 1.165) is 17.1 Å². The van der Waals surface area contributed by atoms with E-state index in [1.807, 2.05) is 37.3 Å². The normalized spacial score (nSPS) is 10.2. The first kappa shape index (κ1) is 16.7. The third-order valence-corrected chi connectivity index (χ3v) is 3.89. The maximum Gasteiger partial charge on any atom is 0.419 e. The highest BCUT2D eigenvalue weighted by Gasteiger charge is 2.13. The summed E-state index contributed by atoms with van der Waals surface area (Å²) < 4.78 is 10.5. The fourth-order valence-electron chi connectivity index (χ4n) is 2.05. The number of carbonyl (C=O) groups is 1. The van der Waals surface area contributed by atoms with Gasteiger partial charge in [0.25, 0.3) is 5.88 Å². The number of hydrogen-bond donors (Lipinski definition) is 2. The standard InChI is InChI=1S/C17H16N4O3S/c1-11-5-3-8-14(19-11)21-17(22)24-15-16(25-10-18-15)20-12-6-4-7-13(9-12)23-2/h3-10,20H,1-2H3,(H,19,21,22). The van der Waals surface area contributed by atoms with Crippen LogP contribution in [0.1, 0.15) is 5.69 Å². The molecule has 2 heterocycles. The summed E-state index contributed by atoms with van der Waals surface area (Å²) in [6.07, 6.45) is -0.655. The van der Waals surface area contributed by atoms with E-state index in [1.54, 1.807) is 24.8 Å². The van der Waals surface area contributed by atoms with Gasteiger partial charge in [-0.25, -0.2) is 14.8 Å². The molecule has 0 saturated heterocycles. The monoisotopic (exact) mass is 356 g/mol. The number of amides is 1. The van der Waals surface area contributed by atoms with Crippen LogP contribution in [0.25, 0.3) is 0 Å². The second-order valence-electron chi connectivity index (χ2n) is 5.02. The summed E-state index contributed by atoms with van der Waals surface area (Å²) in [5.74, 6) is 1.33. The van der Waals surface area contributed by atoms with Gasteiger partial charge in [0.1, 0.15) is 11.6 Å². The van der Waals surface area contributed by atoms with Crippen molar-refractivity contribution in [1.29, 1.82) is 0 Å². The Kier molecular flexibility index (Phi) is 5.10. The first-order valence-corrected chi connectivity index (χ1v) is 8.29. The Balaban J connectivity index is 1.67. The van der Waals surface area contributed by atoms with Gasteiger partial charge in [0.05, 0.1) is 12.6 Å². The van der Waals surface area contributed by atoms with Crippen LogP contribution in [0.4, 0.5) is 21.3 Å². The first-order chi connectivity index (χ1) is 12.1. The lowest BCUT2D eigenvalue weighted by molar-refractivity contribution is 0.214. The van der Waals surface area contributed by atoms with Crippen molar-refractivity contribution in [3.8, 4) is 11.6 Å². The fourth-order valence-corrected chi connectivity index (χ4v) is 2.68. The van der Waals surface area contributed by atoms with Crippen molar-refractivity contribution >= 4 is 33.9 Å². The number of ether oxygens (including phenoxy) is 2. The third-order valence-electron chi connectivity index (χ3n) is 3.17. The molecular weight excluding hydrogens is 340 g/mol. The molecule has 128 valence electrons. The number of methoxy groups -OCH3 is 1. The molecule has 2 aromatic heterocycles. The highest BCUT2D eigenvalue weighted by atomic mass is 32.1. The minimum atomic E-state index is -0.655. The van der Waals surface area contributed by atoms with Gasteiger partial charge in [0, 0.05) is 17.4 Å². The molecule has 0 aliphatic heterocycles. The molecule has 0 unspecified atom stereocenters. The zero-order chi connectivity index (χ0) is 17.6. The molecular formula is C17H16N4O3S. The highest BCUT2D eigenvalue weighted by molar-refractivity contribution is 7.14. The minimum absolute atomic E-state index is 0.193. The van der Waals surface area contributed by atoms with Crippen LogP contribution >= 0.6 is 11.3 Å². The van der Waals surface area contributed by atoms with Crippen molar-refractivity contribution in [1.82, 2.24) is 9.97 Å². The molecule has 0 fully saturated rings. The van der Waals surface area contributed by atoms with E-state index in [2.05, 4.69) is 20.6 Å². The number of aryl methyl sites for hydroxylation is 1. The number of aromatic nitrogens is 2. The predicted molar refractivity (Wildman–Crippen MR) is 97.0 cm³/mol. The summed E-state index contributed by atoms with van der Waals surface area (Å²) in [6, 6.07) is 12.7. The number of nitrogens with zero attached hydrogens (tertiary/aromatic N) is 2. The zero-order valence-electron chi connectivity index (χ0n) is 13.6. The zero-order valence-corrected chi connectivity index (χ0v) is 14.5. The molecule has 0 aliphatic rings. The van der Waals surface area contributed by atoms with Crippen LogP contribution in [0.15, 0.2) is 48.0 Å². The Morgan fingerprint density at radius 3 is 2.84 bits per heavy atom. The molecule has 0 atom stereocenters. The average Bonchev–Trinajstić information content (AvgIpc) is 3.01. The van der Waals surface area contributed by atoms with Gasteiger partial charge < -0.3 is 14.8 Å². The van der Waals surface area contributed by atoms with Gasteiger partial charge in [-0.3, -0.25) is 5.32 Å². The van der Waals surface area contributed by atoms with Crippen molar-refractivity contribution in [2.24, 2.45) is 0 Å². The Morgan fingerprint density at radius 2 is 2.04 bits per heavy atom. The molecule has 0 spiro atoms. The molecule has 0 radical (unpaired) electrons. The number of pyridine rings is 1. The smallest absolute Gasteiger partial charge is 0.419 e. The number of anilines is 3. The van der Waals surface area contributed by atoms with Crippen molar-refractivity contribution < 1.29 is 14.3 Å². The van der Waals surface area contributed by atoms with Gasteiger partial charge in [0.2, 0.25) is 0 Å². The average molecular weight is 356 g/mol. The Labute approximate surface area is 148 Å². The van der Waals surface area contributed by atoms with Crippen LogP contribution in [0.3, 0.4) is 0 Å². The van der Waals surface area contributed by atoms with Gasteiger partial charge in [-0.2, -0.15) is 0 Å². The number of thiazole rings is 1. The SMILES string of the molecule is COc1cccc(Nc2scnc2OC(=O)Nc2cccc(C)n2)c1. The molecule has 3 aromatic rings. The Bertz CT molecular complexity index is 882. The fraction of sp³-hybridized carbons (Fsp3) is 0.118.